The van der Waals surface area contributed by atoms with Gasteiger partial charge in [0.2, 0.25) is 0 Å². The number of hydrogen-bond donors (Lipinski definition) is 0. The maximum Gasteiger partial charge on any atom is 0.273 e. The van der Waals surface area contributed by atoms with Crippen molar-refractivity contribution in [2.75, 3.05) is 13.2 Å². The second-order valence-corrected chi connectivity index (χ2v) is 5.39. The van der Waals surface area contributed by atoms with Gasteiger partial charge >= 0.3 is 0 Å². The van der Waals surface area contributed by atoms with Crippen molar-refractivity contribution in [1.29, 1.82) is 0 Å². The highest BCUT2D eigenvalue weighted by atomic mass is 16.7. The van der Waals surface area contributed by atoms with Crippen LogP contribution in [0, 0.1) is 10.1 Å². The molecule has 1 saturated heterocycles. The standard InChI is InChI=1S/C16H13NO5/c1-16(20-6-7-21-16)10-2-5-14-13(8-10)12-4-3-11(17(18)19)9-15(12)22-14/h2-5,8-9H,6-7H2,1H3. The van der Waals surface area contributed by atoms with Crippen LogP contribution in [0.2, 0.25) is 0 Å². The summed E-state index contributed by atoms with van der Waals surface area (Å²) in [7, 11) is 0. The molecule has 0 unspecified atom stereocenters. The van der Waals surface area contributed by atoms with E-state index in [9.17, 15) is 10.1 Å². The second kappa shape index (κ2) is 4.53. The molecule has 22 heavy (non-hydrogen) atoms. The number of benzene rings is 2. The fourth-order valence-corrected chi connectivity index (χ4v) is 2.84. The smallest absolute Gasteiger partial charge is 0.273 e. The monoisotopic (exact) mass is 299 g/mol. The third-order valence-corrected chi connectivity index (χ3v) is 4.03. The molecule has 0 bridgehead atoms. The Morgan fingerprint density at radius 2 is 1.82 bits per heavy atom. The lowest BCUT2D eigenvalue weighted by Gasteiger charge is -2.22. The molecule has 0 aliphatic carbocycles. The number of nitro groups is 1. The minimum absolute atomic E-state index is 0.0150. The number of furan rings is 1. The van der Waals surface area contributed by atoms with E-state index in [1.165, 1.54) is 12.1 Å². The van der Waals surface area contributed by atoms with E-state index in [2.05, 4.69) is 0 Å². The van der Waals surface area contributed by atoms with Crippen LogP contribution in [0.15, 0.2) is 40.8 Å². The van der Waals surface area contributed by atoms with Gasteiger partial charge in [-0.15, -0.1) is 0 Å². The quantitative estimate of drug-likeness (QED) is 0.532. The summed E-state index contributed by atoms with van der Waals surface area (Å²) < 4.78 is 17.1. The molecule has 6 heteroatoms. The van der Waals surface area contributed by atoms with E-state index in [1.807, 2.05) is 25.1 Å². The number of hydrogen-bond acceptors (Lipinski definition) is 5. The number of nitrogens with zero attached hydrogens (tertiary/aromatic N) is 1. The molecule has 0 saturated carbocycles. The molecule has 2 aromatic carbocycles. The zero-order valence-electron chi connectivity index (χ0n) is 11.9. The Bertz CT molecular complexity index is 892. The topological polar surface area (TPSA) is 74.7 Å². The molecular weight excluding hydrogens is 286 g/mol. The Morgan fingerprint density at radius 1 is 1.05 bits per heavy atom. The average molecular weight is 299 g/mol. The average Bonchev–Trinajstić information content (AvgIpc) is 3.10. The molecule has 0 spiro atoms. The molecule has 2 heterocycles. The molecule has 4 rings (SSSR count). The van der Waals surface area contributed by atoms with Gasteiger partial charge < -0.3 is 13.9 Å². The Morgan fingerprint density at radius 3 is 2.55 bits per heavy atom. The third kappa shape index (κ3) is 1.88. The van der Waals surface area contributed by atoms with Crippen LogP contribution in [0.5, 0.6) is 0 Å². The summed E-state index contributed by atoms with van der Waals surface area (Å²) in [5, 5.41) is 12.6. The van der Waals surface area contributed by atoms with Crippen molar-refractivity contribution < 1.29 is 18.8 Å². The lowest BCUT2D eigenvalue weighted by molar-refractivity contribution is -0.384. The zero-order chi connectivity index (χ0) is 15.3. The van der Waals surface area contributed by atoms with E-state index in [0.717, 1.165) is 16.3 Å². The molecule has 0 atom stereocenters. The van der Waals surface area contributed by atoms with Gasteiger partial charge in [-0.1, -0.05) is 0 Å². The highest BCUT2D eigenvalue weighted by Gasteiger charge is 2.33. The first-order valence-electron chi connectivity index (χ1n) is 6.96. The lowest BCUT2D eigenvalue weighted by atomic mass is 10.0. The first kappa shape index (κ1) is 13.2. The van der Waals surface area contributed by atoms with Crippen LogP contribution in [-0.2, 0) is 15.3 Å². The summed E-state index contributed by atoms with van der Waals surface area (Å²) in [5.41, 5.74) is 2.10. The molecule has 0 N–H and O–H groups in total. The van der Waals surface area contributed by atoms with Gasteiger partial charge in [-0.3, -0.25) is 10.1 Å². The van der Waals surface area contributed by atoms with Crippen LogP contribution >= 0.6 is 0 Å². The van der Waals surface area contributed by atoms with Crippen molar-refractivity contribution >= 4 is 27.6 Å². The SMILES string of the molecule is CC1(c2ccc3oc4cc([N+](=O)[O-])ccc4c3c2)OCCO1. The number of ether oxygens (including phenoxy) is 2. The van der Waals surface area contributed by atoms with Gasteiger partial charge in [0.15, 0.2) is 5.79 Å². The zero-order valence-corrected chi connectivity index (χ0v) is 11.9. The Hall–Kier alpha value is -2.44. The molecule has 1 aromatic heterocycles. The third-order valence-electron chi connectivity index (χ3n) is 4.03. The van der Waals surface area contributed by atoms with Crippen LogP contribution in [0.3, 0.4) is 0 Å². The molecule has 0 amide bonds. The van der Waals surface area contributed by atoms with Crippen LogP contribution < -0.4 is 0 Å². The van der Waals surface area contributed by atoms with Gasteiger partial charge in [0.05, 0.1) is 24.2 Å². The Labute approximate surface area is 125 Å². The minimum atomic E-state index is -0.751. The van der Waals surface area contributed by atoms with E-state index in [4.69, 9.17) is 13.9 Å². The number of non-ortho nitro benzene ring substituents is 1. The summed E-state index contributed by atoms with van der Waals surface area (Å²) in [6.45, 7) is 3.01. The summed E-state index contributed by atoms with van der Waals surface area (Å²) in [4.78, 5) is 10.4. The molecule has 3 aromatic rings. The fraction of sp³-hybridized carbons (Fsp3) is 0.250. The van der Waals surface area contributed by atoms with Crippen molar-refractivity contribution in [1.82, 2.24) is 0 Å². The predicted octanol–water partition coefficient (Wildman–Crippen LogP) is 3.71. The highest BCUT2D eigenvalue weighted by Crippen LogP contribution is 2.36. The maximum absolute atomic E-state index is 10.9. The van der Waals surface area contributed by atoms with Gasteiger partial charge in [-0.05, 0) is 31.2 Å². The molecule has 112 valence electrons. The highest BCUT2D eigenvalue weighted by molar-refractivity contribution is 6.05. The predicted molar refractivity (Wildman–Crippen MR) is 79.6 cm³/mol. The van der Waals surface area contributed by atoms with Crippen LogP contribution in [0.25, 0.3) is 21.9 Å². The minimum Gasteiger partial charge on any atom is -0.456 e. The van der Waals surface area contributed by atoms with E-state index in [1.54, 1.807) is 6.07 Å². The summed E-state index contributed by atoms with van der Waals surface area (Å²) in [6, 6.07) is 10.3. The second-order valence-electron chi connectivity index (χ2n) is 5.39. The first-order valence-corrected chi connectivity index (χ1v) is 6.96. The summed E-state index contributed by atoms with van der Waals surface area (Å²) in [6.07, 6.45) is 0. The van der Waals surface area contributed by atoms with Crippen molar-refractivity contribution in [2.45, 2.75) is 12.7 Å². The molecule has 1 aliphatic rings. The fourth-order valence-electron chi connectivity index (χ4n) is 2.84. The van der Waals surface area contributed by atoms with E-state index < -0.39 is 10.7 Å². The maximum atomic E-state index is 10.9. The number of fused-ring (bicyclic) bond motifs is 3. The van der Waals surface area contributed by atoms with Gasteiger partial charge in [-0.2, -0.15) is 0 Å². The van der Waals surface area contributed by atoms with Crippen molar-refractivity contribution in [3.05, 3.63) is 52.1 Å². The van der Waals surface area contributed by atoms with E-state index in [0.29, 0.717) is 24.4 Å². The van der Waals surface area contributed by atoms with E-state index in [-0.39, 0.29) is 5.69 Å². The Balaban J connectivity index is 1.91. The van der Waals surface area contributed by atoms with Gasteiger partial charge in [0.25, 0.3) is 5.69 Å². The number of rotatable bonds is 2. The van der Waals surface area contributed by atoms with E-state index >= 15 is 0 Å². The molecule has 1 aliphatic heterocycles. The molecular formula is C16H13NO5. The van der Waals surface area contributed by atoms with Crippen LogP contribution in [-0.4, -0.2) is 18.1 Å². The number of nitro benzene ring substituents is 1. The lowest BCUT2D eigenvalue weighted by Crippen LogP contribution is -2.22. The van der Waals surface area contributed by atoms with Gasteiger partial charge in [-0.25, -0.2) is 0 Å². The normalized spacial score (nSPS) is 17.3. The van der Waals surface area contributed by atoms with Crippen LogP contribution in [0.4, 0.5) is 5.69 Å². The largest absolute Gasteiger partial charge is 0.456 e. The Kier molecular flexibility index (Phi) is 2.72. The molecule has 6 nitrogen and oxygen atoms in total. The van der Waals surface area contributed by atoms with Crippen molar-refractivity contribution in [2.24, 2.45) is 0 Å². The molecule has 0 radical (unpaired) electrons. The van der Waals surface area contributed by atoms with Gasteiger partial charge in [0, 0.05) is 22.4 Å². The summed E-state index contributed by atoms with van der Waals surface area (Å²) in [5.74, 6) is -0.751. The summed E-state index contributed by atoms with van der Waals surface area (Å²) >= 11 is 0. The van der Waals surface area contributed by atoms with Crippen molar-refractivity contribution in [3.8, 4) is 0 Å². The first-order chi connectivity index (χ1) is 10.6. The van der Waals surface area contributed by atoms with Crippen LogP contribution in [0.1, 0.15) is 12.5 Å². The molecule has 1 fully saturated rings. The van der Waals surface area contributed by atoms with Crippen molar-refractivity contribution in [3.63, 3.8) is 0 Å². The van der Waals surface area contributed by atoms with Gasteiger partial charge in [0.1, 0.15) is 11.2 Å².